The molecule has 7 nitrogen and oxygen atoms in total. The lowest BCUT2D eigenvalue weighted by molar-refractivity contribution is -0.127. The Hall–Kier alpha value is -2.41. The highest BCUT2D eigenvalue weighted by molar-refractivity contribution is 5.98. The number of urea groups is 1. The van der Waals surface area contributed by atoms with Crippen molar-refractivity contribution < 1.29 is 23.9 Å². The molecule has 0 saturated heterocycles. The smallest absolute Gasteiger partial charge is 0.338 e. The molecule has 0 unspecified atom stereocenters. The van der Waals surface area contributed by atoms with E-state index in [-0.39, 0.29) is 12.1 Å². The van der Waals surface area contributed by atoms with E-state index in [1.165, 1.54) is 13.3 Å². The lowest BCUT2D eigenvalue weighted by Crippen LogP contribution is -2.48. The summed E-state index contributed by atoms with van der Waals surface area (Å²) >= 11 is 0. The number of hydrogen-bond acceptors (Lipinski definition) is 5. The van der Waals surface area contributed by atoms with Gasteiger partial charge in [-0.2, -0.15) is 0 Å². The highest BCUT2D eigenvalue weighted by atomic mass is 16.5. The van der Waals surface area contributed by atoms with Crippen molar-refractivity contribution in [3.8, 4) is 0 Å². The second-order valence-electron chi connectivity index (χ2n) is 7.40. The highest BCUT2D eigenvalue weighted by Gasteiger charge is 2.22. The molecule has 1 aliphatic carbocycles. The van der Waals surface area contributed by atoms with Crippen LogP contribution < -0.4 is 10.6 Å². The van der Waals surface area contributed by atoms with E-state index in [2.05, 4.69) is 10.6 Å². The van der Waals surface area contributed by atoms with Gasteiger partial charge in [-0.15, -0.1) is 0 Å². The molecule has 0 radical (unpaired) electrons. The third-order valence-corrected chi connectivity index (χ3v) is 4.60. The van der Waals surface area contributed by atoms with Crippen molar-refractivity contribution in [2.24, 2.45) is 0 Å². The number of rotatable bonds is 7. The molecular weight excluding hydrogens is 360 g/mol. The molecule has 7 heteroatoms. The van der Waals surface area contributed by atoms with Crippen molar-refractivity contribution in [2.75, 3.05) is 0 Å². The van der Waals surface area contributed by atoms with Crippen molar-refractivity contribution in [2.45, 2.75) is 77.7 Å². The predicted octanol–water partition coefficient (Wildman–Crippen LogP) is 3.32. The van der Waals surface area contributed by atoms with E-state index in [1.54, 1.807) is 24.3 Å². The fourth-order valence-electron chi connectivity index (χ4n) is 2.96. The molecule has 0 aliphatic heterocycles. The van der Waals surface area contributed by atoms with E-state index in [9.17, 15) is 14.4 Å². The van der Waals surface area contributed by atoms with E-state index < -0.39 is 24.0 Å². The van der Waals surface area contributed by atoms with Gasteiger partial charge in [0.2, 0.25) is 0 Å². The molecule has 28 heavy (non-hydrogen) atoms. The van der Waals surface area contributed by atoms with Crippen LogP contribution in [-0.2, 0) is 20.9 Å². The Morgan fingerprint density at radius 3 is 2.29 bits per heavy atom. The van der Waals surface area contributed by atoms with E-state index >= 15 is 0 Å². The zero-order chi connectivity index (χ0) is 20.5. The van der Waals surface area contributed by atoms with Crippen LogP contribution in [0.3, 0.4) is 0 Å². The lowest BCUT2D eigenvalue weighted by atomic mass is 9.96. The average Bonchev–Trinajstić information content (AvgIpc) is 2.67. The summed E-state index contributed by atoms with van der Waals surface area (Å²) in [4.78, 5) is 36.2. The third kappa shape index (κ3) is 7.31. The molecule has 3 amide bonds. The van der Waals surface area contributed by atoms with Crippen LogP contribution >= 0.6 is 0 Å². The quantitative estimate of drug-likeness (QED) is 0.697. The van der Waals surface area contributed by atoms with Gasteiger partial charge in [0.15, 0.2) is 6.10 Å². The first-order chi connectivity index (χ1) is 13.3. The second kappa shape index (κ2) is 10.8. The summed E-state index contributed by atoms with van der Waals surface area (Å²) < 4.78 is 10.7. The van der Waals surface area contributed by atoms with E-state index in [0.29, 0.717) is 12.2 Å². The molecule has 1 saturated carbocycles. The summed E-state index contributed by atoms with van der Waals surface area (Å²) in [5.41, 5.74) is 1.27. The fourth-order valence-corrected chi connectivity index (χ4v) is 2.96. The first-order valence-corrected chi connectivity index (χ1v) is 9.88. The summed E-state index contributed by atoms with van der Waals surface area (Å²) in [6.07, 6.45) is 4.23. The van der Waals surface area contributed by atoms with Gasteiger partial charge in [-0.1, -0.05) is 31.4 Å². The molecular formula is C21H30N2O5. The van der Waals surface area contributed by atoms with Gasteiger partial charge in [-0.3, -0.25) is 10.1 Å². The predicted molar refractivity (Wildman–Crippen MR) is 105 cm³/mol. The highest BCUT2D eigenvalue weighted by Crippen LogP contribution is 2.17. The largest absolute Gasteiger partial charge is 0.449 e. The number of amides is 3. The molecule has 1 atom stereocenters. The maximum atomic E-state index is 12.2. The van der Waals surface area contributed by atoms with Gasteiger partial charge >= 0.3 is 12.0 Å². The van der Waals surface area contributed by atoms with Crippen molar-refractivity contribution in [3.63, 3.8) is 0 Å². The van der Waals surface area contributed by atoms with Crippen LogP contribution in [0.25, 0.3) is 0 Å². The van der Waals surface area contributed by atoms with Crippen LogP contribution in [0.4, 0.5) is 4.79 Å². The number of benzene rings is 1. The lowest BCUT2D eigenvalue weighted by Gasteiger charge is -2.23. The van der Waals surface area contributed by atoms with Crippen molar-refractivity contribution >= 4 is 17.9 Å². The number of nitrogens with one attached hydrogen (secondary N) is 2. The van der Waals surface area contributed by atoms with E-state index in [0.717, 1.165) is 31.2 Å². The average molecular weight is 390 g/mol. The number of ether oxygens (including phenoxy) is 2. The number of carbonyl (C=O) groups is 3. The summed E-state index contributed by atoms with van der Waals surface area (Å²) in [7, 11) is 0. The minimum Gasteiger partial charge on any atom is -0.449 e. The first kappa shape index (κ1) is 21.9. The Bertz CT molecular complexity index is 666. The summed E-state index contributed by atoms with van der Waals surface area (Å²) in [6.45, 7) is 5.80. The molecule has 1 aliphatic rings. The molecule has 0 heterocycles. The minimum atomic E-state index is -1.08. The van der Waals surface area contributed by atoms with Gasteiger partial charge in [0.25, 0.3) is 5.91 Å². The van der Waals surface area contributed by atoms with Gasteiger partial charge in [0.1, 0.15) is 0 Å². The Labute approximate surface area is 166 Å². The molecule has 0 aromatic heterocycles. The molecule has 154 valence electrons. The van der Waals surface area contributed by atoms with Crippen LogP contribution in [0.15, 0.2) is 24.3 Å². The molecule has 2 rings (SSSR count). The van der Waals surface area contributed by atoms with Crippen molar-refractivity contribution in [1.29, 1.82) is 0 Å². The maximum absolute atomic E-state index is 12.2. The van der Waals surface area contributed by atoms with Crippen LogP contribution in [0, 0.1) is 0 Å². The monoisotopic (exact) mass is 390 g/mol. The minimum absolute atomic E-state index is 0.0950. The SMILES string of the molecule is CC(C)OCc1ccc(C(=O)O[C@H](C)C(=O)NC(=O)NC2CCCCC2)cc1. The number of esters is 1. The Balaban J connectivity index is 1.78. The van der Waals surface area contributed by atoms with Crippen molar-refractivity contribution in [3.05, 3.63) is 35.4 Å². The Morgan fingerprint density at radius 2 is 1.68 bits per heavy atom. The van der Waals surface area contributed by atoms with Gasteiger partial charge in [-0.05, 0) is 51.3 Å². The summed E-state index contributed by atoms with van der Waals surface area (Å²) in [5, 5.41) is 5.03. The van der Waals surface area contributed by atoms with Gasteiger partial charge in [0, 0.05) is 6.04 Å². The second-order valence-corrected chi connectivity index (χ2v) is 7.40. The zero-order valence-corrected chi connectivity index (χ0v) is 16.8. The van der Waals surface area contributed by atoms with Gasteiger partial charge in [-0.25, -0.2) is 9.59 Å². The van der Waals surface area contributed by atoms with Crippen LogP contribution in [0.1, 0.15) is 68.8 Å². The molecule has 2 N–H and O–H groups in total. The number of hydrogen-bond donors (Lipinski definition) is 2. The van der Waals surface area contributed by atoms with Gasteiger partial charge in [0.05, 0.1) is 18.3 Å². The van der Waals surface area contributed by atoms with Crippen LogP contribution in [0.2, 0.25) is 0 Å². The van der Waals surface area contributed by atoms with Crippen molar-refractivity contribution in [1.82, 2.24) is 10.6 Å². The Kier molecular flexibility index (Phi) is 8.44. The standard InChI is InChI=1S/C21H30N2O5/c1-14(2)27-13-16-9-11-17(12-10-16)20(25)28-15(3)19(24)23-21(26)22-18-7-5-4-6-8-18/h9-12,14-15,18H,4-8,13H2,1-3H3,(H2,22,23,24,26)/t15-/m1/s1. The fraction of sp³-hybridized carbons (Fsp3) is 0.571. The van der Waals surface area contributed by atoms with Gasteiger partial charge < -0.3 is 14.8 Å². The van der Waals surface area contributed by atoms with Crippen LogP contribution in [0.5, 0.6) is 0 Å². The van der Waals surface area contributed by atoms with Crippen LogP contribution in [-0.4, -0.2) is 36.2 Å². The number of carbonyl (C=O) groups excluding carboxylic acids is 3. The summed E-state index contributed by atoms with van der Waals surface area (Å²) in [5.74, 6) is -1.27. The van der Waals surface area contributed by atoms with E-state index in [1.807, 2.05) is 13.8 Å². The van der Waals surface area contributed by atoms with E-state index in [4.69, 9.17) is 9.47 Å². The number of imide groups is 1. The molecule has 1 fully saturated rings. The molecule has 0 bridgehead atoms. The maximum Gasteiger partial charge on any atom is 0.338 e. The topological polar surface area (TPSA) is 93.7 Å². The molecule has 1 aromatic carbocycles. The normalized spacial score (nSPS) is 15.7. The molecule has 0 spiro atoms. The Morgan fingerprint density at radius 1 is 1.04 bits per heavy atom. The first-order valence-electron chi connectivity index (χ1n) is 9.88. The summed E-state index contributed by atoms with van der Waals surface area (Å²) in [6, 6.07) is 6.36. The molecule has 1 aromatic rings. The third-order valence-electron chi connectivity index (χ3n) is 4.60. The zero-order valence-electron chi connectivity index (χ0n) is 16.8.